The van der Waals surface area contributed by atoms with Crippen molar-refractivity contribution in [3.8, 4) is 5.75 Å². The Morgan fingerprint density at radius 1 is 1.10 bits per heavy atom. The van der Waals surface area contributed by atoms with Gasteiger partial charge >= 0.3 is 6.03 Å². The lowest BCUT2D eigenvalue weighted by molar-refractivity contribution is -0.118. The zero-order valence-electron chi connectivity index (χ0n) is 17.3. The molecule has 0 bridgehead atoms. The molecule has 1 atom stereocenters. The molecule has 1 unspecified atom stereocenters. The van der Waals surface area contributed by atoms with Crippen molar-refractivity contribution in [1.82, 2.24) is 10.2 Å². The van der Waals surface area contributed by atoms with E-state index in [-0.39, 0.29) is 30.3 Å². The van der Waals surface area contributed by atoms with Gasteiger partial charge in [0.05, 0.1) is 17.3 Å². The molecule has 1 N–H and O–H groups in total. The van der Waals surface area contributed by atoms with E-state index >= 15 is 0 Å². The number of nitrogens with zero attached hydrogens (tertiary/aromatic N) is 2. The van der Waals surface area contributed by atoms with Crippen LogP contribution in [0.3, 0.4) is 0 Å². The summed E-state index contributed by atoms with van der Waals surface area (Å²) in [4.78, 5) is 29.1. The lowest BCUT2D eigenvalue weighted by Crippen LogP contribution is -2.54. The van der Waals surface area contributed by atoms with Crippen molar-refractivity contribution in [1.29, 1.82) is 0 Å². The van der Waals surface area contributed by atoms with Gasteiger partial charge in [0.15, 0.2) is 0 Å². The van der Waals surface area contributed by atoms with Crippen molar-refractivity contribution in [3.63, 3.8) is 0 Å². The topological polar surface area (TPSA) is 61.9 Å². The molecule has 0 aliphatic carbocycles. The number of nitrogens with one attached hydrogen (secondary N) is 1. The maximum Gasteiger partial charge on any atom is 0.331 e. The summed E-state index contributed by atoms with van der Waals surface area (Å²) >= 11 is 6.13. The van der Waals surface area contributed by atoms with Gasteiger partial charge in [-0.2, -0.15) is 0 Å². The molecule has 0 saturated carbocycles. The number of carbonyl (C=O) groups excluding carboxylic acids is 2. The summed E-state index contributed by atoms with van der Waals surface area (Å²) in [6.45, 7) is 3.27. The number of hydrogen-bond donors (Lipinski definition) is 1. The fourth-order valence-corrected chi connectivity index (χ4v) is 4.31. The predicted octanol–water partition coefficient (Wildman–Crippen LogP) is 4.47. The lowest BCUT2D eigenvalue weighted by atomic mass is 9.86. The minimum Gasteiger partial charge on any atom is -0.492 e. The smallest absolute Gasteiger partial charge is 0.331 e. The minimum absolute atomic E-state index is 0. The highest BCUT2D eigenvalue weighted by molar-refractivity contribution is 6.32. The van der Waals surface area contributed by atoms with Crippen LogP contribution in [0.2, 0.25) is 5.02 Å². The van der Waals surface area contributed by atoms with Crippen LogP contribution >= 0.6 is 24.0 Å². The summed E-state index contributed by atoms with van der Waals surface area (Å²) in [6.07, 6.45) is 1.94. The van der Waals surface area contributed by atoms with E-state index in [0.29, 0.717) is 42.6 Å². The van der Waals surface area contributed by atoms with Gasteiger partial charge in [-0.3, -0.25) is 4.79 Å². The number of carbonyl (C=O) groups is 2. The molecule has 0 radical (unpaired) electrons. The first-order valence-corrected chi connectivity index (χ1v) is 10.8. The third-order valence-electron chi connectivity index (χ3n) is 5.66. The highest BCUT2D eigenvalue weighted by Crippen LogP contribution is 2.39. The Morgan fingerprint density at radius 2 is 1.81 bits per heavy atom. The molecule has 31 heavy (non-hydrogen) atoms. The summed E-state index contributed by atoms with van der Waals surface area (Å²) in [5.74, 6) is 0.622. The number of piperazine rings is 1. The Bertz CT molecular complexity index is 918. The van der Waals surface area contributed by atoms with Gasteiger partial charge in [-0.15, -0.1) is 12.4 Å². The Balaban J connectivity index is 0.00000272. The number of hydrogen-bond acceptors (Lipinski definition) is 4. The molecule has 3 amide bonds. The van der Waals surface area contributed by atoms with Crippen molar-refractivity contribution in [2.75, 3.05) is 37.7 Å². The van der Waals surface area contributed by atoms with Crippen LogP contribution in [0, 0.1) is 0 Å². The number of amides is 3. The van der Waals surface area contributed by atoms with E-state index in [4.69, 9.17) is 16.3 Å². The maximum absolute atomic E-state index is 13.1. The molecular formula is C23H27Cl2N3O3. The number of urea groups is 1. The zero-order valence-corrected chi connectivity index (χ0v) is 18.8. The van der Waals surface area contributed by atoms with Crippen LogP contribution in [-0.2, 0) is 4.79 Å². The van der Waals surface area contributed by atoms with Crippen LogP contribution in [0.25, 0.3) is 0 Å². The summed E-state index contributed by atoms with van der Waals surface area (Å²) in [6, 6.07) is 14.9. The molecule has 8 heteroatoms. The summed E-state index contributed by atoms with van der Waals surface area (Å²) in [7, 11) is 0. The number of benzene rings is 2. The van der Waals surface area contributed by atoms with E-state index < -0.39 is 0 Å². The van der Waals surface area contributed by atoms with E-state index in [1.807, 2.05) is 42.5 Å². The fraction of sp³-hybridized carbons (Fsp3) is 0.391. The molecule has 2 aliphatic heterocycles. The first-order chi connectivity index (χ1) is 14.6. The van der Waals surface area contributed by atoms with E-state index in [1.165, 1.54) is 4.90 Å². The van der Waals surface area contributed by atoms with Gasteiger partial charge in [0.1, 0.15) is 5.75 Å². The van der Waals surface area contributed by atoms with E-state index in [2.05, 4.69) is 5.32 Å². The van der Waals surface area contributed by atoms with Crippen molar-refractivity contribution in [3.05, 3.63) is 59.1 Å². The molecule has 2 aromatic carbocycles. The van der Waals surface area contributed by atoms with Crippen LogP contribution in [0.15, 0.2) is 48.5 Å². The fourth-order valence-electron chi connectivity index (χ4n) is 4.12. The van der Waals surface area contributed by atoms with Gasteiger partial charge < -0.3 is 15.0 Å². The average molecular weight is 464 g/mol. The number of ether oxygens (including phenoxy) is 1. The Labute approximate surface area is 193 Å². The Hall–Kier alpha value is -2.28. The second-order valence-corrected chi connectivity index (χ2v) is 8.04. The van der Waals surface area contributed by atoms with Gasteiger partial charge in [-0.05, 0) is 42.5 Å². The van der Waals surface area contributed by atoms with E-state index in [9.17, 15) is 9.59 Å². The first-order valence-electron chi connectivity index (χ1n) is 10.4. The molecule has 166 valence electrons. The number of fused-ring (bicyclic) bond motifs is 1. The molecule has 2 aromatic rings. The highest BCUT2D eigenvalue weighted by atomic mass is 35.5. The second-order valence-electron chi connectivity index (χ2n) is 7.63. The van der Waals surface area contributed by atoms with E-state index in [0.717, 1.165) is 31.5 Å². The molecule has 0 aromatic heterocycles. The van der Waals surface area contributed by atoms with Gasteiger partial charge in [-0.1, -0.05) is 41.9 Å². The van der Waals surface area contributed by atoms with Crippen LogP contribution in [0.1, 0.15) is 30.7 Å². The molecule has 6 nitrogen and oxygen atoms in total. The summed E-state index contributed by atoms with van der Waals surface area (Å²) in [5.41, 5.74) is 1.77. The number of anilines is 1. The van der Waals surface area contributed by atoms with Gasteiger partial charge in [-0.25, -0.2) is 9.69 Å². The third-order valence-corrected chi connectivity index (χ3v) is 5.97. The number of rotatable bonds is 5. The Morgan fingerprint density at radius 3 is 2.58 bits per heavy atom. The van der Waals surface area contributed by atoms with Crippen LogP contribution in [-0.4, -0.2) is 49.6 Å². The lowest BCUT2D eigenvalue weighted by Gasteiger charge is -2.37. The molecule has 2 aliphatic rings. The van der Waals surface area contributed by atoms with Crippen LogP contribution in [0.4, 0.5) is 10.5 Å². The molecule has 4 rings (SSSR count). The molecule has 2 heterocycles. The number of halogens is 2. The maximum atomic E-state index is 13.1. The predicted molar refractivity (Wildman–Crippen MR) is 125 cm³/mol. The minimum atomic E-state index is -0.213. The van der Waals surface area contributed by atoms with Crippen LogP contribution in [0.5, 0.6) is 5.75 Å². The van der Waals surface area contributed by atoms with Crippen LogP contribution < -0.4 is 15.0 Å². The highest BCUT2D eigenvalue weighted by Gasteiger charge is 2.36. The van der Waals surface area contributed by atoms with Crippen molar-refractivity contribution in [2.45, 2.75) is 25.2 Å². The number of para-hydroxylation sites is 2. The van der Waals surface area contributed by atoms with Crippen molar-refractivity contribution in [2.24, 2.45) is 0 Å². The van der Waals surface area contributed by atoms with Gasteiger partial charge in [0.2, 0.25) is 5.91 Å². The first kappa shape index (κ1) is 23.4. The normalized spacial score (nSPS) is 18.2. The molecule has 1 fully saturated rings. The SMILES string of the molecule is Cl.O=C1CC(CCCOc2ccccc2Cl)c2ccccc2N1C(=O)N1CCNCC1. The standard InChI is InChI=1S/C23H26ClN3O3.ClH/c24-19-8-2-4-10-21(19)30-15-5-6-17-16-22(28)27(20-9-3-1-7-18(17)20)23(29)26-13-11-25-12-14-26;/h1-4,7-10,17,25H,5-6,11-16H2;1H. The average Bonchev–Trinajstić information content (AvgIpc) is 2.78. The van der Waals surface area contributed by atoms with E-state index in [1.54, 1.807) is 11.0 Å². The number of imide groups is 1. The van der Waals surface area contributed by atoms with Crippen molar-refractivity contribution >= 4 is 41.6 Å². The van der Waals surface area contributed by atoms with Gasteiger partial charge in [0.25, 0.3) is 0 Å². The summed E-state index contributed by atoms with van der Waals surface area (Å²) < 4.78 is 5.79. The Kier molecular flexibility index (Phi) is 8.18. The largest absolute Gasteiger partial charge is 0.492 e. The zero-order chi connectivity index (χ0) is 20.9. The quantitative estimate of drug-likeness (QED) is 0.664. The molecule has 0 spiro atoms. The third kappa shape index (κ3) is 5.32. The monoisotopic (exact) mass is 463 g/mol. The summed E-state index contributed by atoms with van der Waals surface area (Å²) in [5, 5.41) is 3.83. The molecule has 1 saturated heterocycles. The second kappa shape index (κ2) is 10.8. The van der Waals surface area contributed by atoms with Gasteiger partial charge in [0, 0.05) is 32.6 Å². The molecular weight excluding hydrogens is 437 g/mol. The van der Waals surface area contributed by atoms with Crippen molar-refractivity contribution < 1.29 is 14.3 Å².